The number of hydrogen-bond donors (Lipinski definition) is 1. The highest BCUT2D eigenvalue weighted by Crippen LogP contribution is 2.36. The second-order valence-electron chi connectivity index (χ2n) is 6.60. The van der Waals surface area contributed by atoms with Crippen molar-refractivity contribution < 1.29 is 4.79 Å². The summed E-state index contributed by atoms with van der Waals surface area (Å²) in [5.41, 5.74) is 2.14. The Bertz CT molecular complexity index is 674. The van der Waals surface area contributed by atoms with Crippen molar-refractivity contribution in [2.75, 3.05) is 19.6 Å². The van der Waals surface area contributed by atoms with Gasteiger partial charge < -0.3 is 5.32 Å². The standard InChI is InChI=1S/C19H22N2OS/c22-19-17-6-2-1-5-16(17)18(12-20-19)14-7-9-21(10-8-14)13-15-4-3-11-23-15/h1-6,11,14,18H,7-10,12-13H2,(H,20,22)/t18-/m0/s1. The fourth-order valence-corrected chi connectivity index (χ4v) is 4.74. The molecule has 1 atom stereocenters. The summed E-state index contributed by atoms with van der Waals surface area (Å²) in [5, 5.41) is 5.24. The van der Waals surface area contributed by atoms with Gasteiger partial charge in [0.1, 0.15) is 0 Å². The van der Waals surface area contributed by atoms with Crippen molar-refractivity contribution in [3.05, 3.63) is 57.8 Å². The molecule has 0 radical (unpaired) electrons. The summed E-state index contributed by atoms with van der Waals surface area (Å²) < 4.78 is 0. The molecule has 0 unspecified atom stereocenters. The number of nitrogens with zero attached hydrogens (tertiary/aromatic N) is 1. The zero-order chi connectivity index (χ0) is 15.6. The smallest absolute Gasteiger partial charge is 0.251 e. The van der Waals surface area contributed by atoms with Gasteiger partial charge in [0.15, 0.2) is 0 Å². The summed E-state index contributed by atoms with van der Waals surface area (Å²) in [5.74, 6) is 1.25. The molecule has 1 saturated heterocycles. The molecule has 1 amide bonds. The minimum absolute atomic E-state index is 0.0898. The van der Waals surface area contributed by atoms with Crippen LogP contribution in [0.1, 0.15) is 39.6 Å². The van der Waals surface area contributed by atoms with Crippen molar-refractivity contribution >= 4 is 17.2 Å². The second kappa shape index (κ2) is 6.46. The van der Waals surface area contributed by atoms with Gasteiger partial charge in [0.25, 0.3) is 5.91 Å². The molecule has 0 aliphatic carbocycles. The summed E-state index contributed by atoms with van der Waals surface area (Å²) in [4.78, 5) is 16.0. The highest BCUT2D eigenvalue weighted by atomic mass is 32.1. The molecule has 4 rings (SSSR count). The molecule has 2 aromatic rings. The van der Waals surface area contributed by atoms with Crippen molar-refractivity contribution in [2.45, 2.75) is 25.3 Å². The maximum Gasteiger partial charge on any atom is 0.251 e. The van der Waals surface area contributed by atoms with Gasteiger partial charge in [-0.3, -0.25) is 9.69 Å². The molecule has 2 aliphatic rings. The number of rotatable bonds is 3. The van der Waals surface area contributed by atoms with E-state index < -0.39 is 0 Å². The van der Waals surface area contributed by atoms with Gasteiger partial charge in [0, 0.05) is 29.4 Å². The fraction of sp³-hybridized carbons (Fsp3) is 0.421. The third-order valence-corrected chi connectivity index (χ3v) is 6.11. The van der Waals surface area contributed by atoms with E-state index in [4.69, 9.17) is 0 Å². The van der Waals surface area contributed by atoms with E-state index in [1.165, 1.54) is 23.3 Å². The monoisotopic (exact) mass is 326 g/mol. The average molecular weight is 326 g/mol. The molecule has 23 heavy (non-hydrogen) atoms. The summed E-state index contributed by atoms with van der Waals surface area (Å²) >= 11 is 1.85. The Morgan fingerprint density at radius 2 is 1.96 bits per heavy atom. The number of fused-ring (bicyclic) bond motifs is 1. The minimum Gasteiger partial charge on any atom is -0.351 e. The van der Waals surface area contributed by atoms with Crippen LogP contribution in [0.2, 0.25) is 0 Å². The maximum absolute atomic E-state index is 12.0. The molecule has 120 valence electrons. The van der Waals surface area contributed by atoms with Crippen molar-refractivity contribution in [2.24, 2.45) is 5.92 Å². The first-order chi connectivity index (χ1) is 11.3. The maximum atomic E-state index is 12.0. The van der Waals surface area contributed by atoms with Crippen LogP contribution in [0.25, 0.3) is 0 Å². The molecular weight excluding hydrogens is 304 g/mol. The van der Waals surface area contributed by atoms with Gasteiger partial charge in [-0.05, 0) is 54.9 Å². The first kappa shape index (κ1) is 14.9. The number of carbonyl (C=O) groups excluding carboxylic acids is 1. The molecule has 4 heteroatoms. The second-order valence-corrected chi connectivity index (χ2v) is 7.63. The number of carbonyl (C=O) groups is 1. The van der Waals surface area contributed by atoms with Crippen LogP contribution < -0.4 is 5.32 Å². The molecule has 1 aromatic carbocycles. The van der Waals surface area contributed by atoms with E-state index in [0.717, 1.165) is 31.7 Å². The van der Waals surface area contributed by atoms with E-state index in [9.17, 15) is 4.79 Å². The summed E-state index contributed by atoms with van der Waals surface area (Å²) in [6.45, 7) is 4.21. The lowest BCUT2D eigenvalue weighted by Gasteiger charge is -2.38. The zero-order valence-electron chi connectivity index (χ0n) is 13.2. The Morgan fingerprint density at radius 1 is 1.13 bits per heavy atom. The predicted octanol–water partition coefficient (Wildman–Crippen LogP) is 3.49. The van der Waals surface area contributed by atoms with Crippen molar-refractivity contribution in [3.63, 3.8) is 0 Å². The number of thiophene rings is 1. The van der Waals surface area contributed by atoms with Crippen molar-refractivity contribution in [1.82, 2.24) is 10.2 Å². The largest absolute Gasteiger partial charge is 0.351 e. The van der Waals surface area contributed by atoms with E-state index in [-0.39, 0.29) is 5.91 Å². The molecule has 3 nitrogen and oxygen atoms in total. The number of nitrogens with one attached hydrogen (secondary N) is 1. The number of piperidine rings is 1. The van der Waals surface area contributed by atoms with Crippen LogP contribution in [0.4, 0.5) is 0 Å². The molecule has 0 saturated carbocycles. The first-order valence-electron chi connectivity index (χ1n) is 8.43. The summed E-state index contributed by atoms with van der Waals surface area (Å²) in [6, 6.07) is 12.5. The third kappa shape index (κ3) is 3.06. The lowest BCUT2D eigenvalue weighted by molar-refractivity contribution is 0.0922. The van der Waals surface area contributed by atoms with Crippen LogP contribution in [0.3, 0.4) is 0 Å². The third-order valence-electron chi connectivity index (χ3n) is 5.25. The van der Waals surface area contributed by atoms with Crippen molar-refractivity contribution in [1.29, 1.82) is 0 Å². The molecule has 1 aromatic heterocycles. The molecule has 1 N–H and O–H groups in total. The van der Waals surface area contributed by atoms with Crippen LogP contribution >= 0.6 is 11.3 Å². The number of likely N-dealkylation sites (tertiary alicyclic amines) is 1. The van der Waals surface area contributed by atoms with E-state index in [2.05, 4.69) is 39.9 Å². The zero-order valence-corrected chi connectivity index (χ0v) is 14.0. The molecule has 0 bridgehead atoms. The Kier molecular flexibility index (Phi) is 4.19. The number of benzene rings is 1. The van der Waals surface area contributed by atoms with Crippen molar-refractivity contribution in [3.8, 4) is 0 Å². The highest BCUT2D eigenvalue weighted by Gasteiger charge is 2.32. The minimum atomic E-state index is 0.0898. The van der Waals surface area contributed by atoms with Crippen LogP contribution in [0.5, 0.6) is 0 Å². The van der Waals surface area contributed by atoms with Crippen LogP contribution in [-0.4, -0.2) is 30.4 Å². The Labute approximate surface area is 141 Å². The van der Waals surface area contributed by atoms with E-state index in [0.29, 0.717) is 11.8 Å². The van der Waals surface area contributed by atoms with Gasteiger partial charge in [-0.2, -0.15) is 0 Å². The topological polar surface area (TPSA) is 32.3 Å². The Morgan fingerprint density at radius 3 is 2.74 bits per heavy atom. The SMILES string of the molecule is O=C1NC[C@@H](C2CCN(Cc3cccs3)CC2)c2ccccc21. The van der Waals surface area contributed by atoms with Gasteiger partial charge >= 0.3 is 0 Å². The highest BCUT2D eigenvalue weighted by molar-refractivity contribution is 7.09. The Balaban J connectivity index is 1.43. The van der Waals surface area contributed by atoms with Gasteiger partial charge in [-0.1, -0.05) is 24.3 Å². The summed E-state index contributed by atoms with van der Waals surface area (Å²) in [7, 11) is 0. The molecule has 0 spiro atoms. The number of amides is 1. The van der Waals surface area contributed by atoms with Gasteiger partial charge in [-0.15, -0.1) is 11.3 Å². The lowest BCUT2D eigenvalue weighted by Crippen LogP contribution is -2.41. The quantitative estimate of drug-likeness (QED) is 0.936. The predicted molar refractivity (Wildman–Crippen MR) is 93.8 cm³/mol. The van der Waals surface area contributed by atoms with Crippen LogP contribution in [0, 0.1) is 5.92 Å². The van der Waals surface area contributed by atoms with Crippen LogP contribution in [-0.2, 0) is 6.54 Å². The Hall–Kier alpha value is -1.65. The normalized spacial score (nSPS) is 22.6. The number of hydrogen-bond acceptors (Lipinski definition) is 3. The van der Waals surface area contributed by atoms with E-state index in [1.54, 1.807) is 0 Å². The van der Waals surface area contributed by atoms with Crippen LogP contribution in [0.15, 0.2) is 41.8 Å². The fourth-order valence-electron chi connectivity index (χ4n) is 3.99. The molecule has 2 aliphatic heterocycles. The average Bonchev–Trinajstić information content (AvgIpc) is 3.10. The van der Waals surface area contributed by atoms with Gasteiger partial charge in [0.05, 0.1) is 0 Å². The van der Waals surface area contributed by atoms with E-state index >= 15 is 0 Å². The lowest BCUT2D eigenvalue weighted by atomic mass is 9.77. The summed E-state index contributed by atoms with van der Waals surface area (Å²) in [6.07, 6.45) is 2.44. The molecule has 3 heterocycles. The van der Waals surface area contributed by atoms with Gasteiger partial charge in [-0.25, -0.2) is 0 Å². The van der Waals surface area contributed by atoms with E-state index in [1.807, 2.05) is 23.5 Å². The first-order valence-corrected chi connectivity index (χ1v) is 9.31. The van der Waals surface area contributed by atoms with Gasteiger partial charge in [0.2, 0.25) is 0 Å². The molecular formula is C19H22N2OS. The molecule has 1 fully saturated rings.